The molecule has 1 unspecified atom stereocenters. The van der Waals surface area contributed by atoms with Crippen molar-refractivity contribution in [3.63, 3.8) is 0 Å². The van der Waals surface area contributed by atoms with Gasteiger partial charge in [-0.05, 0) is 29.7 Å². The zero-order valence-corrected chi connectivity index (χ0v) is 14.6. The van der Waals surface area contributed by atoms with E-state index in [2.05, 4.69) is 17.0 Å². The number of hydrogen-bond donors (Lipinski definition) is 0. The Morgan fingerprint density at radius 3 is 2.71 bits per heavy atom. The maximum atomic E-state index is 13.3. The summed E-state index contributed by atoms with van der Waals surface area (Å²) in [5, 5.41) is 0. The lowest BCUT2D eigenvalue weighted by Crippen LogP contribution is -2.36. The van der Waals surface area contributed by atoms with E-state index in [0.717, 1.165) is 71.5 Å². The van der Waals surface area contributed by atoms with Crippen LogP contribution < -0.4 is 4.74 Å². The first-order valence-corrected chi connectivity index (χ1v) is 9.41. The van der Waals surface area contributed by atoms with E-state index in [9.17, 15) is 4.21 Å². The normalized spacial score (nSPS) is 20.3. The van der Waals surface area contributed by atoms with Gasteiger partial charge in [-0.2, -0.15) is 0 Å². The fourth-order valence-electron chi connectivity index (χ4n) is 3.50. The van der Waals surface area contributed by atoms with E-state index in [0.29, 0.717) is 0 Å². The molecule has 2 aliphatic heterocycles. The number of morpholine rings is 1. The van der Waals surface area contributed by atoms with Gasteiger partial charge in [0.1, 0.15) is 5.75 Å². The Balaban J connectivity index is 1.78. The molecule has 5 heteroatoms. The Hall–Kier alpha value is -1.69. The van der Waals surface area contributed by atoms with E-state index in [1.54, 1.807) is 7.11 Å². The molecule has 0 N–H and O–H groups in total. The largest absolute Gasteiger partial charge is 0.496 e. The van der Waals surface area contributed by atoms with Crippen molar-refractivity contribution >= 4 is 10.8 Å². The molecule has 0 aromatic heterocycles. The van der Waals surface area contributed by atoms with Crippen LogP contribution in [-0.2, 0) is 28.5 Å². The summed E-state index contributed by atoms with van der Waals surface area (Å²) in [4.78, 5) is 4.22. The second-order valence-electron chi connectivity index (χ2n) is 6.18. The van der Waals surface area contributed by atoms with Crippen molar-refractivity contribution in [1.29, 1.82) is 0 Å². The van der Waals surface area contributed by atoms with E-state index in [4.69, 9.17) is 9.47 Å². The van der Waals surface area contributed by atoms with E-state index in [1.807, 2.05) is 24.3 Å². The second kappa shape index (κ2) is 6.67. The zero-order valence-electron chi connectivity index (χ0n) is 13.8. The average molecular weight is 343 g/mol. The van der Waals surface area contributed by atoms with Crippen molar-refractivity contribution in [2.24, 2.45) is 0 Å². The molecule has 0 spiro atoms. The first-order chi connectivity index (χ1) is 11.8. The van der Waals surface area contributed by atoms with Crippen LogP contribution in [0.25, 0.3) is 0 Å². The first-order valence-electron chi connectivity index (χ1n) is 8.26. The average Bonchev–Trinajstić information content (AvgIpc) is 2.63. The van der Waals surface area contributed by atoms with Gasteiger partial charge in [0.2, 0.25) is 0 Å². The van der Waals surface area contributed by atoms with Crippen molar-refractivity contribution in [3.05, 3.63) is 53.1 Å². The van der Waals surface area contributed by atoms with Gasteiger partial charge in [0.15, 0.2) is 0 Å². The molecule has 4 nitrogen and oxygen atoms in total. The third kappa shape index (κ3) is 2.77. The van der Waals surface area contributed by atoms with Crippen LogP contribution in [0.1, 0.15) is 16.7 Å². The molecule has 2 aliphatic rings. The van der Waals surface area contributed by atoms with Crippen LogP contribution in [-0.4, -0.2) is 42.5 Å². The molecule has 1 saturated heterocycles. The molecule has 0 amide bonds. The lowest BCUT2D eigenvalue weighted by molar-refractivity contribution is 0.0335. The minimum absolute atomic E-state index is 0.753. The molecule has 0 radical (unpaired) electrons. The van der Waals surface area contributed by atoms with Gasteiger partial charge < -0.3 is 9.47 Å². The van der Waals surface area contributed by atoms with Gasteiger partial charge in [-0.3, -0.25) is 4.90 Å². The zero-order chi connectivity index (χ0) is 16.5. The summed E-state index contributed by atoms with van der Waals surface area (Å²) in [6, 6.07) is 12.1. The summed E-state index contributed by atoms with van der Waals surface area (Å²) < 4.78 is 24.3. The molecule has 1 fully saturated rings. The standard InChI is InChI=1S/C19H21NO3S/c1-22-17-7-6-15-12-14-4-2-3-5-18(14)24(21)19(15)16(17)13-20-8-10-23-11-9-20/h2-7H,8-13H2,1H3. The number of fused-ring (bicyclic) bond motifs is 2. The van der Waals surface area contributed by atoms with Gasteiger partial charge in [-0.15, -0.1) is 0 Å². The van der Waals surface area contributed by atoms with Crippen LogP contribution in [0, 0.1) is 0 Å². The number of hydrogen-bond acceptors (Lipinski definition) is 4. The highest BCUT2D eigenvalue weighted by molar-refractivity contribution is 7.85. The highest BCUT2D eigenvalue weighted by Crippen LogP contribution is 2.38. The van der Waals surface area contributed by atoms with Gasteiger partial charge in [0.05, 0.1) is 36.0 Å². The van der Waals surface area contributed by atoms with E-state index in [-0.39, 0.29) is 0 Å². The van der Waals surface area contributed by atoms with Crippen molar-refractivity contribution < 1.29 is 13.7 Å². The fourth-order valence-corrected chi connectivity index (χ4v) is 5.07. The Kier molecular flexibility index (Phi) is 4.39. The smallest absolute Gasteiger partial charge is 0.124 e. The van der Waals surface area contributed by atoms with Crippen LogP contribution in [0.4, 0.5) is 0 Å². The number of nitrogens with zero attached hydrogens (tertiary/aromatic N) is 1. The third-order valence-corrected chi connectivity index (χ3v) is 6.42. The molecule has 126 valence electrons. The van der Waals surface area contributed by atoms with Crippen LogP contribution >= 0.6 is 0 Å². The second-order valence-corrected chi connectivity index (χ2v) is 7.56. The van der Waals surface area contributed by atoms with Gasteiger partial charge in [-0.25, -0.2) is 4.21 Å². The quantitative estimate of drug-likeness (QED) is 0.733. The molecule has 2 heterocycles. The van der Waals surface area contributed by atoms with Crippen molar-refractivity contribution in [2.45, 2.75) is 22.8 Å². The number of methoxy groups -OCH3 is 1. The molecular formula is C19H21NO3S. The molecule has 0 saturated carbocycles. The van der Waals surface area contributed by atoms with E-state index < -0.39 is 10.8 Å². The van der Waals surface area contributed by atoms with Gasteiger partial charge in [-0.1, -0.05) is 24.3 Å². The molecule has 24 heavy (non-hydrogen) atoms. The minimum atomic E-state index is -1.16. The molecule has 1 atom stereocenters. The Bertz CT molecular complexity index is 784. The van der Waals surface area contributed by atoms with Gasteiger partial charge in [0, 0.05) is 30.1 Å². The van der Waals surface area contributed by atoms with Crippen LogP contribution in [0.5, 0.6) is 5.75 Å². The molecular weight excluding hydrogens is 322 g/mol. The Morgan fingerprint density at radius 1 is 1.12 bits per heavy atom. The lowest BCUT2D eigenvalue weighted by Gasteiger charge is -2.29. The summed E-state index contributed by atoms with van der Waals surface area (Å²) in [5.41, 5.74) is 3.37. The number of ether oxygens (including phenoxy) is 2. The van der Waals surface area contributed by atoms with Gasteiger partial charge in [0.25, 0.3) is 0 Å². The molecule has 0 bridgehead atoms. The lowest BCUT2D eigenvalue weighted by atomic mass is 10.0. The van der Waals surface area contributed by atoms with Crippen molar-refractivity contribution in [2.75, 3.05) is 33.4 Å². The topological polar surface area (TPSA) is 38.8 Å². The Morgan fingerprint density at radius 2 is 1.92 bits per heavy atom. The van der Waals surface area contributed by atoms with Gasteiger partial charge >= 0.3 is 0 Å². The maximum Gasteiger partial charge on any atom is 0.124 e. The van der Waals surface area contributed by atoms with E-state index >= 15 is 0 Å². The maximum absolute atomic E-state index is 13.3. The summed E-state index contributed by atoms with van der Waals surface area (Å²) in [5.74, 6) is 0.827. The predicted molar refractivity (Wildman–Crippen MR) is 93.0 cm³/mol. The SMILES string of the molecule is COc1ccc2c(c1CN1CCOCC1)S(=O)c1ccccc1C2. The Labute approximate surface area is 144 Å². The summed E-state index contributed by atoms with van der Waals surface area (Å²) in [7, 11) is 0.529. The van der Waals surface area contributed by atoms with Crippen molar-refractivity contribution in [3.8, 4) is 5.75 Å². The third-order valence-electron chi connectivity index (χ3n) is 4.74. The monoisotopic (exact) mass is 343 g/mol. The molecule has 2 aromatic rings. The van der Waals surface area contributed by atoms with Crippen LogP contribution in [0.3, 0.4) is 0 Å². The van der Waals surface area contributed by atoms with Crippen molar-refractivity contribution in [1.82, 2.24) is 4.90 Å². The fraction of sp³-hybridized carbons (Fsp3) is 0.368. The minimum Gasteiger partial charge on any atom is -0.496 e. The summed E-state index contributed by atoms with van der Waals surface area (Å²) in [6.07, 6.45) is 0.831. The van der Waals surface area contributed by atoms with Crippen LogP contribution in [0.15, 0.2) is 46.2 Å². The highest BCUT2D eigenvalue weighted by atomic mass is 32.2. The van der Waals surface area contributed by atoms with E-state index in [1.165, 1.54) is 0 Å². The number of benzene rings is 2. The molecule has 4 rings (SSSR count). The number of rotatable bonds is 3. The molecule has 2 aromatic carbocycles. The summed E-state index contributed by atoms with van der Waals surface area (Å²) >= 11 is 0. The summed E-state index contributed by atoms with van der Waals surface area (Å²) in [6.45, 7) is 4.06. The van der Waals surface area contributed by atoms with Crippen LogP contribution in [0.2, 0.25) is 0 Å². The molecule has 0 aliphatic carbocycles. The predicted octanol–water partition coefficient (Wildman–Crippen LogP) is 2.60. The highest BCUT2D eigenvalue weighted by Gasteiger charge is 2.27. The first kappa shape index (κ1) is 15.8.